The Kier molecular flexibility index (Phi) is 4.99. The smallest absolute Gasteiger partial charge is 0.132 e. The van der Waals surface area contributed by atoms with E-state index < -0.39 is 6.10 Å². The van der Waals surface area contributed by atoms with Crippen molar-refractivity contribution in [1.82, 2.24) is 5.32 Å². The molecule has 2 aromatic rings. The summed E-state index contributed by atoms with van der Waals surface area (Å²) in [7, 11) is 0. The summed E-state index contributed by atoms with van der Waals surface area (Å²) in [5.74, 6) is 0.630. The Morgan fingerprint density at radius 2 is 2.00 bits per heavy atom. The van der Waals surface area contributed by atoms with E-state index in [2.05, 4.69) is 44.3 Å². The number of aliphatic hydroxyl groups is 1. The molecule has 1 aromatic carbocycles. The Hall–Kier alpha value is -1.58. The van der Waals surface area contributed by atoms with Crippen LogP contribution in [-0.4, -0.2) is 11.1 Å². The van der Waals surface area contributed by atoms with Gasteiger partial charge in [-0.05, 0) is 56.0 Å². The average Bonchev–Trinajstić information content (AvgIpc) is 2.94. The highest BCUT2D eigenvalue weighted by Crippen LogP contribution is 2.19. The molecular weight excluding hydrogens is 250 g/mol. The molecule has 0 aliphatic rings. The van der Waals surface area contributed by atoms with Crippen molar-refractivity contribution < 1.29 is 9.52 Å². The molecule has 2 atom stereocenters. The molecule has 1 heterocycles. The van der Waals surface area contributed by atoms with E-state index in [0.717, 1.165) is 6.54 Å². The van der Waals surface area contributed by atoms with Crippen molar-refractivity contribution in [3.05, 3.63) is 59.0 Å². The molecule has 108 valence electrons. The topological polar surface area (TPSA) is 45.4 Å². The van der Waals surface area contributed by atoms with E-state index in [1.54, 1.807) is 12.3 Å². The third kappa shape index (κ3) is 3.71. The van der Waals surface area contributed by atoms with Gasteiger partial charge >= 0.3 is 0 Å². The Bertz CT molecular complexity index is 534. The van der Waals surface area contributed by atoms with Gasteiger partial charge in [0, 0.05) is 12.6 Å². The molecule has 0 saturated carbocycles. The molecule has 3 nitrogen and oxygen atoms in total. The van der Waals surface area contributed by atoms with Crippen molar-refractivity contribution in [3.63, 3.8) is 0 Å². The summed E-state index contributed by atoms with van der Waals surface area (Å²) < 4.78 is 5.22. The fourth-order valence-electron chi connectivity index (χ4n) is 2.30. The maximum Gasteiger partial charge on any atom is 0.132 e. The molecule has 0 radical (unpaired) electrons. The number of hydrogen-bond donors (Lipinski definition) is 2. The van der Waals surface area contributed by atoms with Crippen LogP contribution in [0, 0.1) is 13.8 Å². The van der Waals surface area contributed by atoms with E-state index in [-0.39, 0.29) is 6.04 Å². The van der Waals surface area contributed by atoms with Gasteiger partial charge in [-0.25, -0.2) is 0 Å². The summed E-state index contributed by atoms with van der Waals surface area (Å²) in [5, 5.41) is 13.5. The predicted molar refractivity (Wildman–Crippen MR) is 80.5 cm³/mol. The molecule has 0 spiro atoms. The monoisotopic (exact) mass is 273 g/mol. The molecule has 2 rings (SSSR count). The number of nitrogens with one attached hydrogen (secondary N) is 1. The van der Waals surface area contributed by atoms with Gasteiger partial charge in [-0.3, -0.25) is 0 Å². The number of aliphatic hydroxyl groups excluding tert-OH is 1. The molecule has 1 aromatic heterocycles. The largest absolute Gasteiger partial charge is 0.467 e. The molecule has 2 N–H and O–H groups in total. The SMILES string of the molecule is Cc1cccc(CNC(C)CC(O)c2ccco2)c1C. The standard InChI is InChI=1S/C17H23NO2/c1-12-6-4-7-15(14(12)3)11-18-13(2)10-16(19)17-8-5-9-20-17/h4-9,13,16,18-19H,10-11H2,1-3H3. The zero-order chi connectivity index (χ0) is 14.5. The Morgan fingerprint density at radius 3 is 2.70 bits per heavy atom. The molecule has 0 fully saturated rings. The lowest BCUT2D eigenvalue weighted by molar-refractivity contribution is 0.128. The highest BCUT2D eigenvalue weighted by atomic mass is 16.4. The van der Waals surface area contributed by atoms with Crippen LogP contribution in [-0.2, 0) is 6.54 Å². The van der Waals surface area contributed by atoms with Crippen molar-refractivity contribution in [1.29, 1.82) is 0 Å². The fraction of sp³-hybridized carbons (Fsp3) is 0.412. The van der Waals surface area contributed by atoms with Crippen molar-refractivity contribution in [2.24, 2.45) is 0 Å². The van der Waals surface area contributed by atoms with Crippen molar-refractivity contribution in [3.8, 4) is 0 Å². The number of benzene rings is 1. The van der Waals surface area contributed by atoms with Gasteiger partial charge in [0.1, 0.15) is 11.9 Å². The van der Waals surface area contributed by atoms with Gasteiger partial charge in [-0.1, -0.05) is 18.2 Å². The number of hydrogen-bond acceptors (Lipinski definition) is 3. The zero-order valence-corrected chi connectivity index (χ0v) is 12.4. The summed E-state index contributed by atoms with van der Waals surface area (Å²) in [6.45, 7) is 7.18. The second-order valence-electron chi connectivity index (χ2n) is 5.41. The highest BCUT2D eigenvalue weighted by molar-refractivity contribution is 5.32. The van der Waals surface area contributed by atoms with Crippen molar-refractivity contribution in [2.45, 2.75) is 45.9 Å². The molecule has 0 bridgehead atoms. The first-order chi connectivity index (χ1) is 9.58. The molecule has 0 aliphatic heterocycles. The third-order valence-corrected chi connectivity index (χ3v) is 3.81. The van der Waals surface area contributed by atoms with E-state index in [1.807, 2.05) is 6.07 Å². The van der Waals surface area contributed by atoms with Crippen LogP contribution in [0.15, 0.2) is 41.0 Å². The van der Waals surface area contributed by atoms with Crippen molar-refractivity contribution >= 4 is 0 Å². The molecular formula is C17H23NO2. The van der Waals surface area contributed by atoms with Crippen molar-refractivity contribution in [2.75, 3.05) is 0 Å². The zero-order valence-electron chi connectivity index (χ0n) is 12.4. The first-order valence-corrected chi connectivity index (χ1v) is 7.08. The van der Waals surface area contributed by atoms with E-state index in [1.165, 1.54) is 16.7 Å². The molecule has 0 saturated heterocycles. The minimum absolute atomic E-state index is 0.218. The van der Waals surface area contributed by atoms with Gasteiger partial charge in [0.15, 0.2) is 0 Å². The summed E-state index contributed by atoms with van der Waals surface area (Å²) in [6, 6.07) is 10.2. The van der Waals surface area contributed by atoms with Gasteiger partial charge in [-0.15, -0.1) is 0 Å². The number of aryl methyl sites for hydroxylation is 1. The van der Waals surface area contributed by atoms with Crippen LogP contribution in [0.5, 0.6) is 0 Å². The van der Waals surface area contributed by atoms with Crippen LogP contribution in [0.2, 0.25) is 0 Å². The lowest BCUT2D eigenvalue weighted by Gasteiger charge is -2.18. The van der Waals surface area contributed by atoms with Gasteiger partial charge in [0.25, 0.3) is 0 Å². The van der Waals surface area contributed by atoms with Crippen LogP contribution < -0.4 is 5.32 Å². The highest BCUT2D eigenvalue weighted by Gasteiger charge is 2.14. The van der Waals surface area contributed by atoms with Gasteiger partial charge in [0.05, 0.1) is 6.26 Å². The van der Waals surface area contributed by atoms with Crippen LogP contribution in [0.1, 0.15) is 41.9 Å². The van der Waals surface area contributed by atoms with E-state index >= 15 is 0 Å². The quantitative estimate of drug-likeness (QED) is 0.846. The lowest BCUT2D eigenvalue weighted by atomic mass is 10.0. The second kappa shape index (κ2) is 6.73. The maximum absolute atomic E-state index is 10.0. The number of furan rings is 1. The van der Waals surface area contributed by atoms with Crippen LogP contribution in [0.25, 0.3) is 0 Å². The van der Waals surface area contributed by atoms with Crippen LogP contribution in [0.4, 0.5) is 0 Å². The average molecular weight is 273 g/mol. The minimum atomic E-state index is -0.550. The number of rotatable bonds is 6. The van der Waals surface area contributed by atoms with Crippen LogP contribution in [0.3, 0.4) is 0 Å². The Morgan fingerprint density at radius 1 is 1.20 bits per heavy atom. The Balaban J connectivity index is 1.86. The summed E-state index contributed by atoms with van der Waals surface area (Å²) in [4.78, 5) is 0. The van der Waals surface area contributed by atoms with Gasteiger partial charge < -0.3 is 14.8 Å². The molecule has 2 unspecified atom stereocenters. The van der Waals surface area contributed by atoms with Gasteiger partial charge in [-0.2, -0.15) is 0 Å². The first-order valence-electron chi connectivity index (χ1n) is 7.08. The fourth-order valence-corrected chi connectivity index (χ4v) is 2.30. The second-order valence-corrected chi connectivity index (χ2v) is 5.41. The summed E-state index contributed by atoms with van der Waals surface area (Å²) >= 11 is 0. The Labute approximate surface area is 120 Å². The lowest BCUT2D eigenvalue weighted by Crippen LogP contribution is -2.27. The summed E-state index contributed by atoms with van der Waals surface area (Å²) in [5.41, 5.74) is 3.95. The predicted octanol–water partition coefficient (Wildman–Crippen LogP) is 3.50. The summed E-state index contributed by atoms with van der Waals surface area (Å²) in [6.07, 6.45) is 1.68. The van der Waals surface area contributed by atoms with E-state index in [4.69, 9.17) is 4.42 Å². The maximum atomic E-state index is 10.0. The molecule has 20 heavy (non-hydrogen) atoms. The van der Waals surface area contributed by atoms with Gasteiger partial charge in [0.2, 0.25) is 0 Å². The van der Waals surface area contributed by atoms with E-state index in [0.29, 0.717) is 12.2 Å². The third-order valence-electron chi connectivity index (χ3n) is 3.81. The first kappa shape index (κ1) is 14.8. The molecule has 0 amide bonds. The molecule has 3 heteroatoms. The van der Waals surface area contributed by atoms with Crippen LogP contribution >= 0.6 is 0 Å². The molecule has 0 aliphatic carbocycles. The normalized spacial score (nSPS) is 14.2. The minimum Gasteiger partial charge on any atom is -0.467 e. The van der Waals surface area contributed by atoms with E-state index in [9.17, 15) is 5.11 Å².